The lowest BCUT2D eigenvalue weighted by molar-refractivity contribution is -0.137. The van der Waals surface area contributed by atoms with E-state index < -0.39 is 0 Å². The number of hydrogen-bond acceptors (Lipinski definition) is 3. The third kappa shape index (κ3) is 3.16. The van der Waals surface area contributed by atoms with E-state index in [-0.39, 0.29) is 16.6 Å². The van der Waals surface area contributed by atoms with Crippen LogP contribution in [0.3, 0.4) is 0 Å². The molecule has 96 valence electrons. The van der Waals surface area contributed by atoms with Gasteiger partial charge in [0.05, 0.1) is 6.07 Å². The monoisotopic (exact) mass is 254 g/mol. The normalized spacial score (nSPS) is 21.1. The summed E-state index contributed by atoms with van der Waals surface area (Å²) in [6.45, 7) is 7.60. The number of thioether (sulfide) groups is 1. The van der Waals surface area contributed by atoms with Gasteiger partial charge in [0, 0.05) is 19.0 Å². The summed E-state index contributed by atoms with van der Waals surface area (Å²) in [5.41, 5.74) is 0. The van der Waals surface area contributed by atoms with Crippen molar-refractivity contribution >= 4 is 17.7 Å². The van der Waals surface area contributed by atoms with Gasteiger partial charge in [-0.15, -0.1) is 11.8 Å². The highest BCUT2D eigenvalue weighted by atomic mass is 32.2. The van der Waals surface area contributed by atoms with Crippen LogP contribution in [-0.4, -0.2) is 34.9 Å². The molecule has 3 nitrogen and oxygen atoms in total. The van der Waals surface area contributed by atoms with E-state index in [1.54, 1.807) is 11.8 Å². The van der Waals surface area contributed by atoms with Gasteiger partial charge < -0.3 is 4.90 Å². The van der Waals surface area contributed by atoms with E-state index in [0.717, 1.165) is 25.9 Å². The Morgan fingerprint density at radius 1 is 1.35 bits per heavy atom. The van der Waals surface area contributed by atoms with Gasteiger partial charge in [-0.05, 0) is 25.0 Å². The highest BCUT2D eigenvalue weighted by molar-refractivity contribution is 8.00. The average molecular weight is 254 g/mol. The number of carbonyl (C=O) groups excluding carboxylic acids is 1. The molecule has 0 bridgehead atoms. The van der Waals surface area contributed by atoms with Crippen molar-refractivity contribution in [1.82, 2.24) is 4.90 Å². The first-order valence-corrected chi connectivity index (χ1v) is 7.43. The SMILES string of the molecule is CSC1(C#N)CCN(C(=O)C(C)C(C)C)CC1. The Kier molecular flexibility index (Phi) is 4.88. The third-order valence-corrected chi connectivity index (χ3v) is 5.15. The van der Waals surface area contributed by atoms with Crippen LogP contribution >= 0.6 is 11.8 Å². The molecule has 0 spiro atoms. The molecule has 1 aliphatic rings. The molecule has 1 atom stereocenters. The van der Waals surface area contributed by atoms with Crippen LogP contribution in [0.4, 0.5) is 0 Å². The van der Waals surface area contributed by atoms with E-state index in [1.165, 1.54) is 0 Å². The zero-order chi connectivity index (χ0) is 13.1. The summed E-state index contributed by atoms with van der Waals surface area (Å²) in [5, 5.41) is 9.19. The van der Waals surface area contributed by atoms with E-state index in [4.69, 9.17) is 0 Å². The lowest BCUT2D eigenvalue weighted by atomic mass is 9.93. The van der Waals surface area contributed by atoms with Crippen LogP contribution in [0.2, 0.25) is 0 Å². The molecule has 0 aromatic heterocycles. The van der Waals surface area contributed by atoms with Gasteiger partial charge in [-0.1, -0.05) is 20.8 Å². The number of amides is 1. The molecule has 1 heterocycles. The van der Waals surface area contributed by atoms with Gasteiger partial charge in [-0.25, -0.2) is 0 Å². The van der Waals surface area contributed by atoms with E-state index in [2.05, 4.69) is 19.9 Å². The zero-order valence-corrected chi connectivity index (χ0v) is 12.0. The van der Waals surface area contributed by atoms with E-state index >= 15 is 0 Å². The van der Waals surface area contributed by atoms with Crippen LogP contribution in [0.5, 0.6) is 0 Å². The van der Waals surface area contributed by atoms with Crippen LogP contribution < -0.4 is 0 Å². The fourth-order valence-corrected chi connectivity index (χ4v) is 2.71. The summed E-state index contributed by atoms with van der Waals surface area (Å²) in [7, 11) is 0. The predicted octanol–water partition coefficient (Wildman–Crippen LogP) is 2.53. The van der Waals surface area contributed by atoms with Gasteiger partial charge in [-0.2, -0.15) is 5.26 Å². The molecule has 0 aliphatic carbocycles. The zero-order valence-electron chi connectivity index (χ0n) is 11.2. The molecule has 0 aromatic rings. The number of nitrogens with zero attached hydrogens (tertiary/aromatic N) is 2. The topological polar surface area (TPSA) is 44.1 Å². The van der Waals surface area contributed by atoms with Gasteiger partial charge in [0.2, 0.25) is 5.91 Å². The maximum Gasteiger partial charge on any atom is 0.225 e. The maximum absolute atomic E-state index is 12.2. The van der Waals surface area contributed by atoms with Crippen LogP contribution in [0, 0.1) is 23.2 Å². The second-order valence-corrected chi connectivity index (χ2v) is 6.36. The minimum Gasteiger partial charge on any atom is -0.342 e. The van der Waals surface area contributed by atoms with Crippen LogP contribution in [0.1, 0.15) is 33.6 Å². The molecule has 17 heavy (non-hydrogen) atoms. The third-order valence-electron chi connectivity index (χ3n) is 3.87. The molecule has 4 heteroatoms. The minimum atomic E-state index is -0.266. The molecule has 1 amide bonds. The van der Waals surface area contributed by atoms with Gasteiger partial charge in [-0.3, -0.25) is 4.79 Å². The molecule has 1 fully saturated rings. The molecule has 1 saturated heterocycles. The fraction of sp³-hybridized carbons (Fsp3) is 0.846. The second kappa shape index (κ2) is 5.77. The number of likely N-dealkylation sites (tertiary alicyclic amines) is 1. The van der Waals surface area contributed by atoms with Crippen molar-refractivity contribution in [1.29, 1.82) is 5.26 Å². The van der Waals surface area contributed by atoms with Crippen LogP contribution in [0.25, 0.3) is 0 Å². The van der Waals surface area contributed by atoms with Gasteiger partial charge in [0.25, 0.3) is 0 Å². The summed E-state index contributed by atoms with van der Waals surface area (Å²) in [5.74, 6) is 0.706. The molecule has 0 aromatic carbocycles. The Hall–Kier alpha value is -0.690. The van der Waals surface area contributed by atoms with Crippen molar-refractivity contribution in [2.75, 3.05) is 19.3 Å². The maximum atomic E-state index is 12.2. The fourth-order valence-electron chi connectivity index (χ4n) is 2.02. The molecule has 0 N–H and O–H groups in total. The van der Waals surface area contributed by atoms with Crippen molar-refractivity contribution in [3.8, 4) is 6.07 Å². The van der Waals surface area contributed by atoms with Gasteiger partial charge >= 0.3 is 0 Å². The minimum absolute atomic E-state index is 0.0823. The highest BCUT2D eigenvalue weighted by Crippen LogP contribution is 2.34. The van der Waals surface area contributed by atoms with Crippen molar-refractivity contribution in [3.05, 3.63) is 0 Å². The first-order valence-electron chi connectivity index (χ1n) is 6.21. The van der Waals surface area contributed by atoms with Crippen molar-refractivity contribution in [2.45, 2.75) is 38.4 Å². The largest absolute Gasteiger partial charge is 0.342 e. The Bertz CT molecular complexity index is 314. The highest BCUT2D eigenvalue weighted by Gasteiger charge is 2.36. The molecule has 0 radical (unpaired) electrons. The molecular weight excluding hydrogens is 232 g/mol. The Morgan fingerprint density at radius 2 is 1.88 bits per heavy atom. The van der Waals surface area contributed by atoms with Crippen molar-refractivity contribution in [3.63, 3.8) is 0 Å². The predicted molar refractivity (Wildman–Crippen MR) is 71.7 cm³/mol. The smallest absolute Gasteiger partial charge is 0.225 e. The van der Waals surface area contributed by atoms with Gasteiger partial charge in [0.15, 0.2) is 0 Å². The lowest BCUT2D eigenvalue weighted by Crippen LogP contribution is -2.46. The molecule has 1 unspecified atom stereocenters. The molecule has 1 aliphatic heterocycles. The van der Waals surface area contributed by atoms with Crippen LogP contribution in [-0.2, 0) is 4.79 Å². The van der Waals surface area contributed by atoms with Crippen molar-refractivity contribution < 1.29 is 4.79 Å². The number of hydrogen-bond donors (Lipinski definition) is 0. The van der Waals surface area contributed by atoms with Gasteiger partial charge in [0.1, 0.15) is 4.75 Å². The summed E-state index contributed by atoms with van der Waals surface area (Å²) in [6, 6.07) is 2.40. The van der Waals surface area contributed by atoms with Crippen molar-refractivity contribution in [2.24, 2.45) is 11.8 Å². The lowest BCUT2D eigenvalue weighted by Gasteiger charge is -2.37. The Labute approximate surface area is 109 Å². The first-order chi connectivity index (χ1) is 7.95. The van der Waals surface area contributed by atoms with E-state index in [9.17, 15) is 10.1 Å². The molecular formula is C13H22N2OS. The number of piperidine rings is 1. The second-order valence-electron chi connectivity index (χ2n) is 5.17. The molecule has 0 saturated carbocycles. The number of nitriles is 1. The van der Waals surface area contributed by atoms with Crippen LogP contribution in [0.15, 0.2) is 0 Å². The van der Waals surface area contributed by atoms with E-state index in [1.807, 2.05) is 18.1 Å². The summed E-state index contributed by atoms with van der Waals surface area (Å²) in [4.78, 5) is 14.1. The molecule has 1 rings (SSSR count). The number of rotatable bonds is 3. The summed E-state index contributed by atoms with van der Waals surface area (Å²) < 4.78 is -0.266. The quantitative estimate of drug-likeness (QED) is 0.777. The Balaban J connectivity index is 2.58. The number of carbonyl (C=O) groups is 1. The summed E-state index contributed by atoms with van der Waals surface area (Å²) in [6.07, 6.45) is 3.57. The standard InChI is InChI=1S/C13H22N2OS/c1-10(2)11(3)12(16)15-7-5-13(9-14,17-4)6-8-15/h10-11H,5-8H2,1-4H3. The first kappa shape index (κ1) is 14.4. The average Bonchev–Trinajstić information content (AvgIpc) is 2.37. The summed E-state index contributed by atoms with van der Waals surface area (Å²) >= 11 is 1.62. The van der Waals surface area contributed by atoms with E-state index in [0.29, 0.717) is 5.92 Å². The Morgan fingerprint density at radius 3 is 2.24 bits per heavy atom.